The largest absolute Gasteiger partial charge is 0.327 e. The number of imidazole rings is 1. The minimum Gasteiger partial charge on any atom is -0.327 e. The van der Waals surface area contributed by atoms with Crippen LogP contribution in [0.15, 0.2) is 18.2 Å². The molecular formula is C16H19ClN4. The van der Waals surface area contributed by atoms with E-state index in [9.17, 15) is 0 Å². The molecule has 4 nitrogen and oxygen atoms in total. The summed E-state index contributed by atoms with van der Waals surface area (Å²) >= 11 is 5.91. The minimum absolute atomic E-state index is 0.568. The van der Waals surface area contributed by atoms with Crippen LogP contribution in [-0.4, -0.2) is 40.0 Å². The Morgan fingerprint density at radius 1 is 1.24 bits per heavy atom. The zero-order valence-corrected chi connectivity index (χ0v) is 12.8. The average Bonchev–Trinajstić information content (AvgIpc) is 3.12. The minimum atomic E-state index is 0.568. The molecule has 0 atom stereocenters. The van der Waals surface area contributed by atoms with Crippen molar-refractivity contribution in [3.05, 3.63) is 29.6 Å². The Kier molecular flexibility index (Phi) is 4.42. The number of likely N-dealkylation sites (tertiary alicyclic amines) is 1. The van der Waals surface area contributed by atoms with Gasteiger partial charge in [0.25, 0.3) is 0 Å². The maximum absolute atomic E-state index is 9.09. The number of aromatic nitrogens is 2. The van der Waals surface area contributed by atoms with E-state index in [1.165, 1.54) is 25.9 Å². The predicted octanol–water partition coefficient (Wildman–Crippen LogP) is 2.79. The van der Waals surface area contributed by atoms with Crippen molar-refractivity contribution in [1.82, 2.24) is 14.5 Å². The Morgan fingerprint density at radius 3 is 2.76 bits per heavy atom. The summed E-state index contributed by atoms with van der Waals surface area (Å²) in [4.78, 5) is 7.16. The summed E-state index contributed by atoms with van der Waals surface area (Å²) in [6.07, 6.45) is 3.37. The lowest BCUT2D eigenvalue weighted by molar-refractivity contribution is 0.322. The molecule has 2 aromatic rings. The first-order chi connectivity index (χ1) is 10.3. The lowest BCUT2D eigenvalue weighted by Gasteiger charge is -2.16. The third-order valence-electron chi connectivity index (χ3n) is 4.11. The van der Waals surface area contributed by atoms with Gasteiger partial charge in [-0.25, -0.2) is 4.98 Å². The highest BCUT2D eigenvalue weighted by Gasteiger charge is 2.15. The van der Waals surface area contributed by atoms with Crippen LogP contribution in [0.25, 0.3) is 11.0 Å². The van der Waals surface area contributed by atoms with Crippen LogP contribution in [-0.2, 0) is 13.0 Å². The van der Waals surface area contributed by atoms with Crippen molar-refractivity contribution >= 4 is 22.6 Å². The van der Waals surface area contributed by atoms with Gasteiger partial charge in [-0.3, -0.25) is 0 Å². The number of alkyl halides is 1. The van der Waals surface area contributed by atoms with Gasteiger partial charge in [-0.1, -0.05) is 0 Å². The van der Waals surface area contributed by atoms with E-state index in [4.69, 9.17) is 16.9 Å². The Balaban J connectivity index is 1.91. The van der Waals surface area contributed by atoms with Gasteiger partial charge in [0.2, 0.25) is 0 Å². The Hall–Kier alpha value is -1.57. The molecule has 0 aliphatic carbocycles. The van der Waals surface area contributed by atoms with Crippen molar-refractivity contribution in [3.63, 3.8) is 0 Å². The number of nitrogens with zero attached hydrogens (tertiary/aromatic N) is 4. The van der Waals surface area contributed by atoms with Gasteiger partial charge in [-0.2, -0.15) is 5.26 Å². The Labute approximate surface area is 129 Å². The summed E-state index contributed by atoms with van der Waals surface area (Å²) in [6, 6.07) is 7.89. The second-order valence-corrected chi connectivity index (χ2v) is 5.86. The van der Waals surface area contributed by atoms with Gasteiger partial charge in [-0.15, -0.1) is 11.6 Å². The predicted molar refractivity (Wildman–Crippen MR) is 84.5 cm³/mol. The molecular weight excluding hydrogens is 284 g/mol. The lowest BCUT2D eigenvalue weighted by Crippen LogP contribution is -2.24. The normalized spacial score (nSPS) is 15.6. The second-order valence-electron chi connectivity index (χ2n) is 5.48. The fourth-order valence-electron chi connectivity index (χ4n) is 3.01. The number of hydrogen-bond acceptors (Lipinski definition) is 3. The molecule has 5 heteroatoms. The number of hydrogen-bond donors (Lipinski definition) is 0. The maximum Gasteiger partial charge on any atom is 0.111 e. The van der Waals surface area contributed by atoms with E-state index in [1.54, 1.807) is 0 Å². The molecule has 0 N–H and O–H groups in total. The molecule has 0 saturated carbocycles. The van der Waals surface area contributed by atoms with Crippen molar-refractivity contribution in [3.8, 4) is 6.07 Å². The molecule has 0 radical (unpaired) electrons. The summed E-state index contributed by atoms with van der Waals surface area (Å²) in [5.74, 6) is 1.59. The summed E-state index contributed by atoms with van der Waals surface area (Å²) in [7, 11) is 0. The number of rotatable bonds is 5. The van der Waals surface area contributed by atoms with Crippen LogP contribution in [0.1, 0.15) is 24.2 Å². The molecule has 3 rings (SSSR count). The average molecular weight is 303 g/mol. The molecule has 1 aliphatic rings. The van der Waals surface area contributed by atoms with Crippen LogP contribution in [0.4, 0.5) is 0 Å². The fourth-order valence-corrected chi connectivity index (χ4v) is 3.18. The van der Waals surface area contributed by atoms with E-state index in [0.29, 0.717) is 11.4 Å². The van der Waals surface area contributed by atoms with Crippen molar-refractivity contribution in [2.24, 2.45) is 0 Å². The van der Waals surface area contributed by atoms with Crippen molar-refractivity contribution in [2.75, 3.05) is 25.5 Å². The van der Waals surface area contributed by atoms with E-state index < -0.39 is 0 Å². The van der Waals surface area contributed by atoms with Crippen LogP contribution in [0.2, 0.25) is 0 Å². The SMILES string of the molecule is N#Cc1ccc2nc(CCCl)n(CCN3CCCC3)c2c1. The molecule has 0 bridgehead atoms. The van der Waals surface area contributed by atoms with E-state index in [-0.39, 0.29) is 0 Å². The van der Waals surface area contributed by atoms with Crippen molar-refractivity contribution in [1.29, 1.82) is 5.26 Å². The third-order valence-corrected chi connectivity index (χ3v) is 4.30. The van der Waals surface area contributed by atoms with Gasteiger partial charge in [0.05, 0.1) is 22.7 Å². The molecule has 0 unspecified atom stereocenters. The number of halogens is 1. The van der Waals surface area contributed by atoms with Crippen molar-refractivity contribution in [2.45, 2.75) is 25.8 Å². The molecule has 1 fully saturated rings. The van der Waals surface area contributed by atoms with Gasteiger partial charge < -0.3 is 9.47 Å². The van der Waals surface area contributed by atoms with Gasteiger partial charge in [-0.05, 0) is 44.1 Å². The zero-order chi connectivity index (χ0) is 14.7. The highest BCUT2D eigenvalue weighted by molar-refractivity contribution is 6.17. The Morgan fingerprint density at radius 2 is 2.05 bits per heavy atom. The summed E-state index contributed by atoms with van der Waals surface area (Å²) in [6.45, 7) is 4.34. The molecule has 2 heterocycles. The summed E-state index contributed by atoms with van der Waals surface area (Å²) in [5, 5.41) is 9.09. The van der Waals surface area contributed by atoms with E-state index in [1.807, 2.05) is 18.2 Å². The van der Waals surface area contributed by atoms with Crippen molar-refractivity contribution < 1.29 is 0 Å². The number of aryl methyl sites for hydroxylation is 1. The molecule has 1 aromatic carbocycles. The van der Waals surface area contributed by atoms with Crippen LogP contribution in [0, 0.1) is 11.3 Å². The number of nitriles is 1. The first-order valence-corrected chi connectivity index (χ1v) is 8.03. The monoisotopic (exact) mass is 302 g/mol. The lowest BCUT2D eigenvalue weighted by atomic mass is 10.2. The van der Waals surface area contributed by atoms with Crippen LogP contribution in [0.5, 0.6) is 0 Å². The topological polar surface area (TPSA) is 44.9 Å². The second kappa shape index (κ2) is 6.46. The van der Waals surface area contributed by atoms with Gasteiger partial charge in [0.1, 0.15) is 5.82 Å². The molecule has 0 amide bonds. The quantitative estimate of drug-likeness (QED) is 0.798. The molecule has 0 spiro atoms. The molecule has 110 valence electrons. The van der Waals surface area contributed by atoms with Crippen LogP contribution < -0.4 is 0 Å². The fraction of sp³-hybridized carbons (Fsp3) is 0.500. The molecule has 1 saturated heterocycles. The smallest absolute Gasteiger partial charge is 0.111 e. The summed E-state index contributed by atoms with van der Waals surface area (Å²) in [5.41, 5.74) is 2.69. The first-order valence-electron chi connectivity index (χ1n) is 7.49. The van der Waals surface area contributed by atoms with E-state index >= 15 is 0 Å². The van der Waals surface area contributed by atoms with Crippen LogP contribution in [0.3, 0.4) is 0 Å². The van der Waals surface area contributed by atoms with Gasteiger partial charge in [0.15, 0.2) is 0 Å². The van der Waals surface area contributed by atoms with E-state index in [0.717, 1.165) is 36.4 Å². The van der Waals surface area contributed by atoms with Gasteiger partial charge >= 0.3 is 0 Å². The van der Waals surface area contributed by atoms with E-state index in [2.05, 4.69) is 20.5 Å². The number of fused-ring (bicyclic) bond motifs is 1. The molecule has 1 aliphatic heterocycles. The Bertz CT molecular complexity index is 665. The highest BCUT2D eigenvalue weighted by Crippen LogP contribution is 2.19. The van der Waals surface area contributed by atoms with Crippen LogP contribution >= 0.6 is 11.6 Å². The number of benzene rings is 1. The van der Waals surface area contributed by atoms with Gasteiger partial charge in [0, 0.05) is 25.4 Å². The molecule has 21 heavy (non-hydrogen) atoms. The third kappa shape index (κ3) is 3.04. The highest BCUT2D eigenvalue weighted by atomic mass is 35.5. The summed E-state index contributed by atoms with van der Waals surface area (Å²) < 4.78 is 2.23. The first kappa shape index (κ1) is 14.4. The standard InChI is InChI=1S/C16H19ClN4/c17-6-5-16-19-14-4-3-13(12-18)11-15(14)21(16)10-9-20-7-1-2-8-20/h3-4,11H,1-2,5-10H2. The molecule has 1 aromatic heterocycles. The maximum atomic E-state index is 9.09. The zero-order valence-electron chi connectivity index (χ0n) is 12.1.